The van der Waals surface area contributed by atoms with Crippen molar-refractivity contribution < 1.29 is 9.53 Å². The molecule has 1 heterocycles. The van der Waals surface area contributed by atoms with E-state index in [4.69, 9.17) is 4.74 Å². The van der Waals surface area contributed by atoms with E-state index in [0.717, 1.165) is 28.4 Å². The number of nitrogens with zero attached hydrogens (tertiary/aromatic N) is 1. The van der Waals surface area contributed by atoms with Gasteiger partial charge in [-0.1, -0.05) is 31.5 Å². The van der Waals surface area contributed by atoms with Gasteiger partial charge in [0.2, 0.25) is 0 Å². The number of benzene rings is 2. The summed E-state index contributed by atoms with van der Waals surface area (Å²) in [5, 5.41) is 3.14. The zero-order chi connectivity index (χ0) is 21.1. The molecule has 3 rings (SSSR count). The molecule has 0 saturated heterocycles. The quantitative estimate of drug-likeness (QED) is 0.600. The fourth-order valence-electron chi connectivity index (χ4n) is 3.29. The highest BCUT2D eigenvalue weighted by molar-refractivity contribution is 5.97. The van der Waals surface area contributed by atoms with Gasteiger partial charge in [0.1, 0.15) is 5.75 Å². The zero-order valence-electron chi connectivity index (χ0n) is 18.1. The van der Waals surface area contributed by atoms with Crippen molar-refractivity contribution in [3.8, 4) is 22.7 Å². The first-order valence-electron chi connectivity index (χ1n) is 10.1. The Morgan fingerprint density at radius 1 is 0.966 bits per heavy atom. The molecule has 0 aliphatic rings. The number of aromatic nitrogens is 1. The molecule has 4 heteroatoms. The van der Waals surface area contributed by atoms with E-state index in [2.05, 4.69) is 54.9 Å². The van der Waals surface area contributed by atoms with Crippen LogP contribution in [0.5, 0.6) is 5.75 Å². The topological polar surface area (TPSA) is 43.3 Å². The standard InChI is InChI=1S/C25H30N2O2/c1-16(2)18(4)26-25(28)23-15-24(20-9-13-22(29-6)14-10-20)27(19(23)5)21-11-7-17(3)8-12-21/h7-16,18H,1-6H3,(H,26,28)/t18-/m0/s1. The summed E-state index contributed by atoms with van der Waals surface area (Å²) in [5.74, 6) is 1.14. The third-order valence-electron chi connectivity index (χ3n) is 5.53. The van der Waals surface area contributed by atoms with Gasteiger partial charge in [-0.3, -0.25) is 4.79 Å². The summed E-state index contributed by atoms with van der Waals surface area (Å²) < 4.78 is 7.44. The number of hydrogen-bond acceptors (Lipinski definition) is 2. The number of aryl methyl sites for hydroxylation is 1. The van der Waals surface area contributed by atoms with Gasteiger partial charge in [0.05, 0.1) is 18.4 Å². The van der Waals surface area contributed by atoms with Gasteiger partial charge in [-0.2, -0.15) is 0 Å². The van der Waals surface area contributed by atoms with Gasteiger partial charge in [0.25, 0.3) is 5.91 Å². The molecule has 0 aliphatic heterocycles. The summed E-state index contributed by atoms with van der Waals surface area (Å²) in [6.45, 7) is 10.3. The highest BCUT2D eigenvalue weighted by Gasteiger charge is 2.21. The third kappa shape index (κ3) is 4.37. The van der Waals surface area contributed by atoms with Crippen LogP contribution in [0.1, 0.15) is 42.4 Å². The molecule has 152 valence electrons. The molecule has 4 nitrogen and oxygen atoms in total. The summed E-state index contributed by atoms with van der Waals surface area (Å²) >= 11 is 0. The van der Waals surface area contributed by atoms with Gasteiger partial charge in [0, 0.05) is 17.4 Å². The normalized spacial score (nSPS) is 12.1. The molecule has 1 atom stereocenters. The Morgan fingerprint density at radius 3 is 2.14 bits per heavy atom. The number of carbonyl (C=O) groups is 1. The number of methoxy groups -OCH3 is 1. The fourth-order valence-corrected chi connectivity index (χ4v) is 3.29. The Kier molecular flexibility index (Phi) is 6.12. The molecular weight excluding hydrogens is 360 g/mol. The van der Waals surface area contributed by atoms with Crippen molar-refractivity contribution in [1.82, 2.24) is 9.88 Å². The average molecular weight is 391 g/mol. The largest absolute Gasteiger partial charge is 0.497 e. The van der Waals surface area contributed by atoms with Gasteiger partial charge in [-0.25, -0.2) is 0 Å². The molecule has 1 amide bonds. The van der Waals surface area contributed by atoms with Crippen molar-refractivity contribution in [1.29, 1.82) is 0 Å². The maximum atomic E-state index is 13.0. The zero-order valence-corrected chi connectivity index (χ0v) is 18.1. The highest BCUT2D eigenvalue weighted by Crippen LogP contribution is 2.31. The van der Waals surface area contributed by atoms with Crippen LogP contribution in [0.3, 0.4) is 0 Å². The molecule has 2 aromatic carbocycles. The molecule has 0 radical (unpaired) electrons. The van der Waals surface area contributed by atoms with Crippen LogP contribution in [0.2, 0.25) is 0 Å². The summed E-state index contributed by atoms with van der Waals surface area (Å²) in [6.07, 6.45) is 0. The predicted octanol–water partition coefficient (Wildman–Crippen LogP) is 5.54. The van der Waals surface area contributed by atoms with Crippen LogP contribution in [-0.2, 0) is 0 Å². The molecular formula is C25H30N2O2. The minimum atomic E-state index is -0.0377. The minimum absolute atomic E-state index is 0.0377. The predicted molar refractivity (Wildman–Crippen MR) is 119 cm³/mol. The Morgan fingerprint density at radius 2 is 1.59 bits per heavy atom. The lowest BCUT2D eigenvalue weighted by atomic mass is 10.1. The summed E-state index contributed by atoms with van der Waals surface area (Å²) in [6, 6.07) is 18.4. The van der Waals surface area contributed by atoms with E-state index < -0.39 is 0 Å². The van der Waals surface area contributed by atoms with E-state index in [-0.39, 0.29) is 11.9 Å². The second kappa shape index (κ2) is 8.56. The van der Waals surface area contributed by atoms with Crippen LogP contribution in [0, 0.1) is 19.8 Å². The van der Waals surface area contributed by atoms with E-state index in [1.807, 2.05) is 44.2 Å². The lowest BCUT2D eigenvalue weighted by Crippen LogP contribution is -2.36. The van der Waals surface area contributed by atoms with Crippen molar-refractivity contribution >= 4 is 5.91 Å². The maximum Gasteiger partial charge on any atom is 0.253 e. The lowest BCUT2D eigenvalue weighted by Gasteiger charge is -2.17. The lowest BCUT2D eigenvalue weighted by molar-refractivity contribution is 0.0930. The molecule has 0 bridgehead atoms. The van der Waals surface area contributed by atoms with E-state index in [1.54, 1.807) is 7.11 Å². The van der Waals surface area contributed by atoms with Crippen LogP contribution in [0.4, 0.5) is 0 Å². The molecule has 0 aliphatic carbocycles. The van der Waals surface area contributed by atoms with E-state index in [1.165, 1.54) is 5.56 Å². The average Bonchev–Trinajstić information content (AvgIpc) is 3.06. The molecule has 0 spiro atoms. The first-order chi connectivity index (χ1) is 13.8. The Balaban J connectivity index is 2.12. The van der Waals surface area contributed by atoms with Crippen molar-refractivity contribution in [2.24, 2.45) is 5.92 Å². The van der Waals surface area contributed by atoms with Gasteiger partial charge in [0.15, 0.2) is 0 Å². The fraction of sp³-hybridized carbons (Fsp3) is 0.320. The molecule has 0 fully saturated rings. The number of rotatable bonds is 6. The van der Waals surface area contributed by atoms with Crippen LogP contribution in [0.25, 0.3) is 16.9 Å². The smallest absolute Gasteiger partial charge is 0.253 e. The van der Waals surface area contributed by atoms with Crippen molar-refractivity contribution in [3.63, 3.8) is 0 Å². The molecule has 1 aromatic heterocycles. The number of amides is 1. The van der Waals surface area contributed by atoms with Crippen LogP contribution < -0.4 is 10.1 Å². The van der Waals surface area contributed by atoms with Gasteiger partial charge < -0.3 is 14.6 Å². The van der Waals surface area contributed by atoms with E-state index >= 15 is 0 Å². The molecule has 3 aromatic rings. The second-order valence-electron chi connectivity index (χ2n) is 7.93. The SMILES string of the molecule is COc1ccc(-c2cc(C(=O)N[C@@H](C)C(C)C)c(C)n2-c2ccc(C)cc2)cc1. The van der Waals surface area contributed by atoms with E-state index in [0.29, 0.717) is 11.5 Å². The van der Waals surface area contributed by atoms with Crippen LogP contribution >= 0.6 is 0 Å². The van der Waals surface area contributed by atoms with Gasteiger partial charge in [-0.05, 0) is 74.7 Å². The summed E-state index contributed by atoms with van der Waals surface area (Å²) in [4.78, 5) is 13.0. The Hall–Kier alpha value is -3.01. The van der Waals surface area contributed by atoms with Crippen molar-refractivity contribution in [2.45, 2.75) is 40.7 Å². The summed E-state index contributed by atoms with van der Waals surface area (Å²) in [7, 11) is 1.66. The minimum Gasteiger partial charge on any atom is -0.497 e. The van der Waals surface area contributed by atoms with Crippen molar-refractivity contribution in [3.05, 3.63) is 71.4 Å². The second-order valence-corrected chi connectivity index (χ2v) is 7.93. The molecule has 1 N–H and O–H groups in total. The Labute approximate surface area is 173 Å². The first kappa shape index (κ1) is 20.7. The van der Waals surface area contributed by atoms with Crippen molar-refractivity contribution in [2.75, 3.05) is 7.11 Å². The van der Waals surface area contributed by atoms with E-state index in [9.17, 15) is 4.79 Å². The van der Waals surface area contributed by atoms with Gasteiger partial charge >= 0.3 is 0 Å². The summed E-state index contributed by atoms with van der Waals surface area (Å²) in [5.41, 5.74) is 5.88. The number of nitrogens with one attached hydrogen (secondary N) is 1. The number of hydrogen-bond donors (Lipinski definition) is 1. The number of carbonyl (C=O) groups excluding carboxylic acids is 1. The molecule has 29 heavy (non-hydrogen) atoms. The maximum absolute atomic E-state index is 13.0. The monoisotopic (exact) mass is 390 g/mol. The first-order valence-corrected chi connectivity index (χ1v) is 10.1. The van der Waals surface area contributed by atoms with Crippen LogP contribution in [0.15, 0.2) is 54.6 Å². The highest BCUT2D eigenvalue weighted by atomic mass is 16.5. The molecule has 0 saturated carbocycles. The number of ether oxygens (including phenoxy) is 1. The molecule has 0 unspecified atom stereocenters. The van der Waals surface area contributed by atoms with Crippen LogP contribution in [-0.4, -0.2) is 23.6 Å². The third-order valence-corrected chi connectivity index (χ3v) is 5.53. The Bertz CT molecular complexity index is 983. The van der Waals surface area contributed by atoms with Gasteiger partial charge in [-0.15, -0.1) is 0 Å².